The van der Waals surface area contributed by atoms with Crippen LogP contribution in [0.25, 0.3) is 0 Å². The molecule has 1 fully saturated rings. The van der Waals surface area contributed by atoms with Gasteiger partial charge >= 0.3 is 0 Å². The number of nitrogens with two attached hydrogens (primary N) is 1. The Labute approximate surface area is 140 Å². The van der Waals surface area contributed by atoms with Gasteiger partial charge in [-0.05, 0) is 24.2 Å². The highest BCUT2D eigenvalue weighted by Crippen LogP contribution is 2.35. The number of aliphatic imine (C=N–C) groups is 1. The fraction of sp³-hybridized carbons (Fsp3) is 0.889. The maximum Gasteiger partial charge on any atom is 0.259 e. The molecule has 5 nitrogen and oxygen atoms in total. The Hall–Kier alpha value is -1.10. The van der Waals surface area contributed by atoms with E-state index in [1.807, 2.05) is 0 Å². The number of carbonyl (C=O) groups excluding carboxylic acids is 1. The first-order valence-corrected chi connectivity index (χ1v) is 9.07. The zero-order valence-corrected chi connectivity index (χ0v) is 15.2. The molecule has 1 aliphatic carbocycles. The van der Waals surface area contributed by atoms with E-state index in [9.17, 15) is 4.79 Å². The third-order valence-electron chi connectivity index (χ3n) is 5.59. The number of amides is 1. The van der Waals surface area contributed by atoms with Crippen LogP contribution < -0.4 is 5.73 Å². The van der Waals surface area contributed by atoms with Crippen LogP contribution in [-0.2, 0) is 9.53 Å². The third kappa shape index (κ3) is 4.25. The zero-order chi connectivity index (χ0) is 17.0. The number of hydrogen-bond donors (Lipinski definition) is 1. The molecule has 1 aliphatic heterocycles. The molecule has 2 rings (SSSR count). The number of nitrogens with zero attached hydrogens (tertiary/aromatic N) is 2. The van der Waals surface area contributed by atoms with Crippen LogP contribution in [0.4, 0.5) is 0 Å². The van der Waals surface area contributed by atoms with Crippen molar-refractivity contribution in [3.8, 4) is 0 Å². The molecule has 1 saturated carbocycles. The highest BCUT2D eigenvalue weighted by atomic mass is 16.5. The van der Waals surface area contributed by atoms with E-state index in [1.54, 1.807) is 7.05 Å². The summed E-state index contributed by atoms with van der Waals surface area (Å²) >= 11 is 0. The predicted octanol–water partition coefficient (Wildman–Crippen LogP) is 2.79. The number of guanidine groups is 1. The second-order valence-electron chi connectivity index (χ2n) is 7.81. The molecule has 2 N–H and O–H groups in total. The molecule has 1 unspecified atom stereocenters. The zero-order valence-electron chi connectivity index (χ0n) is 15.2. The summed E-state index contributed by atoms with van der Waals surface area (Å²) in [6, 6.07) is 0. The summed E-state index contributed by atoms with van der Waals surface area (Å²) in [5.41, 5.74) is 5.13. The van der Waals surface area contributed by atoms with Gasteiger partial charge in [-0.1, -0.05) is 52.9 Å². The molecular weight excluding hydrogens is 290 g/mol. The molecule has 132 valence electrons. The van der Waals surface area contributed by atoms with Gasteiger partial charge in [0.05, 0.1) is 6.61 Å². The van der Waals surface area contributed by atoms with Crippen molar-refractivity contribution in [1.82, 2.24) is 4.90 Å². The van der Waals surface area contributed by atoms with Gasteiger partial charge in [0.2, 0.25) is 0 Å². The molecule has 0 aromatic rings. The highest BCUT2D eigenvalue weighted by molar-refractivity contribution is 6.06. The maximum atomic E-state index is 12.8. The van der Waals surface area contributed by atoms with Crippen molar-refractivity contribution in [2.24, 2.45) is 28.5 Å². The lowest BCUT2D eigenvalue weighted by molar-refractivity contribution is -0.133. The summed E-state index contributed by atoms with van der Waals surface area (Å²) in [5, 5.41) is 0. The van der Waals surface area contributed by atoms with Gasteiger partial charge in [0.15, 0.2) is 11.5 Å². The first-order valence-electron chi connectivity index (χ1n) is 9.07. The number of hydrogen-bond acceptors (Lipinski definition) is 4. The van der Waals surface area contributed by atoms with E-state index in [4.69, 9.17) is 10.5 Å². The summed E-state index contributed by atoms with van der Waals surface area (Å²) in [5.74, 6) is 1.92. The van der Waals surface area contributed by atoms with Crippen LogP contribution >= 0.6 is 0 Å². The Morgan fingerprint density at radius 3 is 2.48 bits per heavy atom. The van der Waals surface area contributed by atoms with Crippen LogP contribution in [0.1, 0.15) is 59.3 Å². The number of likely N-dealkylation sites (N-methyl/N-ethyl adjacent to an activating group) is 1. The van der Waals surface area contributed by atoms with Crippen LogP contribution in [0.3, 0.4) is 0 Å². The van der Waals surface area contributed by atoms with Gasteiger partial charge in [-0.2, -0.15) is 0 Å². The van der Waals surface area contributed by atoms with Crippen LogP contribution in [-0.4, -0.2) is 42.6 Å². The quantitative estimate of drug-likeness (QED) is 0.783. The minimum Gasteiger partial charge on any atom is -0.378 e. The SMILES string of the molecule is CC(C)[C@H](C)COCC1(CC2CCCCC2)N=C(N)N(C)C1=O. The minimum atomic E-state index is -0.794. The van der Waals surface area contributed by atoms with Gasteiger partial charge in [0.25, 0.3) is 5.91 Å². The van der Waals surface area contributed by atoms with Crippen molar-refractivity contribution >= 4 is 11.9 Å². The molecule has 2 atom stereocenters. The summed E-state index contributed by atoms with van der Waals surface area (Å²) in [7, 11) is 1.71. The van der Waals surface area contributed by atoms with Crippen LogP contribution in [0.2, 0.25) is 0 Å². The van der Waals surface area contributed by atoms with E-state index in [2.05, 4.69) is 25.8 Å². The second-order valence-corrected chi connectivity index (χ2v) is 7.81. The van der Waals surface area contributed by atoms with E-state index in [0.29, 0.717) is 36.9 Å². The Balaban J connectivity index is 2.04. The van der Waals surface area contributed by atoms with E-state index in [-0.39, 0.29) is 5.91 Å². The molecule has 5 heteroatoms. The van der Waals surface area contributed by atoms with E-state index in [0.717, 1.165) is 6.42 Å². The molecule has 2 aliphatic rings. The molecule has 0 aromatic carbocycles. The van der Waals surface area contributed by atoms with Gasteiger partial charge in [-0.25, -0.2) is 4.99 Å². The maximum absolute atomic E-state index is 12.8. The van der Waals surface area contributed by atoms with Crippen LogP contribution in [0, 0.1) is 17.8 Å². The summed E-state index contributed by atoms with van der Waals surface area (Å²) in [4.78, 5) is 18.8. The van der Waals surface area contributed by atoms with Crippen molar-refractivity contribution in [2.75, 3.05) is 20.3 Å². The first kappa shape index (κ1) is 18.2. The molecule has 0 saturated heterocycles. The topological polar surface area (TPSA) is 67.9 Å². The Morgan fingerprint density at radius 2 is 1.96 bits per heavy atom. The minimum absolute atomic E-state index is 0.00206. The Bertz CT molecular complexity index is 444. The summed E-state index contributed by atoms with van der Waals surface area (Å²) in [6.07, 6.45) is 6.98. The Kier molecular flexibility index (Phi) is 6.06. The molecule has 0 spiro atoms. The molecular formula is C18H33N3O2. The molecule has 0 radical (unpaired) electrons. The van der Waals surface area contributed by atoms with Crippen molar-refractivity contribution < 1.29 is 9.53 Å². The largest absolute Gasteiger partial charge is 0.378 e. The average Bonchev–Trinajstić information content (AvgIpc) is 2.72. The van der Waals surface area contributed by atoms with Crippen molar-refractivity contribution in [3.05, 3.63) is 0 Å². The highest BCUT2D eigenvalue weighted by Gasteiger charge is 2.48. The first-order chi connectivity index (χ1) is 10.9. The lowest BCUT2D eigenvalue weighted by atomic mass is 9.79. The fourth-order valence-corrected chi connectivity index (χ4v) is 3.52. The predicted molar refractivity (Wildman–Crippen MR) is 93.1 cm³/mol. The average molecular weight is 323 g/mol. The van der Waals surface area contributed by atoms with Crippen molar-refractivity contribution in [2.45, 2.75) is 64.8 Å². The van der Waals surface area contributed by atoms with Gasteiger partial charge in [0.1, 0.15) is 0 Å². The van der Waals surface area contributed by atoms with E-state index < -0.39 is 5.54 Å². The van der Waals surface area contributed by atoms with Crippen molar-refractivity contribution in [1.29, 1.82) is 0 Å². The summed E-state index contributed by atoms with van der Waals surface area (Å²) in [6.45, 7) is 7.58. The van der Waals surface area contributed by atoms with Crippen molar-refractivity contribution in [3.63, 3.8) is 0 Å². The molecule has 23 heavy (non-hydrogen) atoms. The van der Waals surface area contributed by atoms with Crippen LogP contribution in [0.5, 0.6) is 0 Å². The number of ether oxygens (including phenoxy) is 1. The fourth-order valence-electron chi connectivity index (χ4n) is 3.52. The number of rotatable bonds is 7. The number of carbonyl (C=O) groups is 1. The lowest BCUT2D eigenvalue weighted by Gasteiger charge is -2.31. The third-order valence-corrected chi connectivity index (χ3v) is 5.59. The Morgan fingerprint density at radius 1 is 1.30 bits per heavy atom. The smallest absolute Gasteiger partial charge is 0.259 e. The van der Waals surface area contributed by atoms with E-state index in [1.165, 1.54) is 37.0 Å². The van der Waals surface area contributed by atoms with Gasteiger partial charge < -0.3 is 10.5 Å². The molecule has 0 aromatic heterocycles. The standard InChI is InChI=1S/C18H33N3O2/c1-13(2)14(3)11-23-12-18(10-15-8-6-5-7-9-15)16(22)21(4)17(19)20-18/h13-15H,5-12H2,1-4H3,(H2,19,20)/t14-,18?/m1/s1. The second kappa shape index (κ2) is 7.65. The molecule has 1 amide bonds. The van der Waals surface area contributed by atoms with Gasteiger partial charge in [-0.3, -0.25) is 9.69 Å². The summed E-state index contributed by atoms with van der Waals surface area (Å²) < 4.78 is 5.94. The van der Waals surface area contributed by atoms with E-state index >= 15 is 0 Å². The molecule has 1 heterocycles. The molecule has 0 bridgehead atoms. The normalized spacial score (nSPS) is 27.6. The van der Waals surface area contributed by atoms with Gasteiger partial charge in [-0.15, -0.1) is 0 Å². The monoisotopic (exact) mass is 323 g/mol. The van der Waals surface area contributed by atoms with Crippen LogP contribution in [0.15, 0.2) is 4.99 Å². The van der Waals surface area contributed by atoms with Gasteiger partial charge in [0, 0.05) is 13.7 Å². The lowest BCUT2D eigenvalue weighted by Crippen LogP contribution is -2.46.